The van der Waals surface area contributed by atoms with Crippen LogP contribution in [0.3, 0.4) is 0 Å². The smallest absolute Gasteiger partial charge is 0.218 e. The molecule has 0 aliphatic carbocycles. The summed E-state index contributed by atoms with van der Waals surface area (Å²) in [4.78, 5) is 11.0. The van der Waals surface area contributed by atoms with Crippen molar-refractivity contribution in [3.8, 4) is 11.5 Å². The number of carbonyl (C=O) groups is 1. The van der Waals surface area contributed by atoms with E-state index in [0.717, 1.165) is 0 Å². The molecule has 0 fully saturated rings. The molecule has 0 spiro atoms. The Morgan fingerprint density at radius 3 is 2.48 bits per heavy atom. The number of hydrogen-bond donors (Lipinski definition) is 2. The molecule has 0 bridgehead atoms. The van der Waals surface area contributed by atoms with Crippen molar-refractivity contribution < 1.29 is 18.3 Å². The monoisotopic (exact) mass is 348 g/mol. The number of hydrogen-bond acceptors (Lipinski definition) is 3. The fourth-order valence-electron chi connectivity index (χ4n) is 2.65. The molecule has 2 aromatic rings. The zero-order valence-corrected chi connectivity index (χ0v) is 14.3. The van der Waals surface area contributed by atoms with E-state index in [1.54, 1.807) is 37.3 Å². The van der Waals surface area contributed by atoms with Crippen LogP contribution in [0, 0.1) is 11.6 Å². The fraction of sp³-hybridized carbons (Fsp3) is 0.316. The van der Waals surface area contributed by atoms with Gasteiger partial charge in [0.2, 0.25) is 5.91 Å². The van der Waals surface area contributed by atoms with Crippen molar-refractivity contribution in [2.24, 2.45) is 5.73 Å². The van der Waals surface area contributed by atoms with Gasteiger partial charge in [-0.05, 0) is 31.5 Å². The summed E-state index contributed by atoms with van der Waals surface area (Å²) in [5, 5.41) is 3.15. The molecule has 0 saturated carbocycles. The van der Waals surface area contributed by atoms with Crippen LogP contribution in [0.15, 0.2) is 42.5 Å². The Morgan fingerprint density at radius 2 is 1.88 bits per heavy atom. The van der Waals surface area contributed by atoms with Crippen LogP contribution >= 0.6 is 0 Å². The second kappa shape index (κ2) is 8.58. The minimum absolute atomic E-state index is 0.132. The van der Waals surface area contributed by atoms with E-state index in [4.69, 9.17) is 10.5 Å². The van der Waals surface area contributed by atoms with Crippen molar-refractivity contribution in [2.75, 3.05) is 0 Å². The van der Waals surface area contributed by atoms with Gasteiger partial charge in [-0.1, -0.05) is 31.2 Å². The van der Waals surface area contributed by atoms with Gasteiger partial charge in [0.25, 0.3) is 0 Å². The number of benzene rings is 2. The molecule has 6 heteroatoms. The highest BCUT2D eigenvalue weighted by atomic mass is 19.1. The van der Waals surface area contributed by atoms with Gasteiger partial charge in [-0.2, -0.15) is 0 Å². The molecule has 0 aromatic heterocycles. The van der Waals surface area contributed by atoms with Gasteiger partial charge in [0.1, 0.15) is 5.75 Å². The van der Waals surface area contributed by atoms with E-state index < -0.39 is 29.3 Å². The highest BCUT2D eigenvalue weighted by Gasteiger charge is 2.22. The van der Waals surface area contributed by atoms with Gasteiger partial charge in [0.15, 0.2) is 17.4 Å². The van der Waals surface area contributed by atoms with Crippen molar-refractivity contribution in [1.29, 1.82) is 0 Å². The summed E-state index contributed by atoms with van der Waals surface area (Å²) in [7, 11) is 0. The maximum absolute atomic E-state index is 14.9. The lowest BCUT2D eigenvalue weighted by atomic mass is 10.0. The molecule has 134 valence electrons. The van der Waals surface area contributed by atoms with Crippen LogP contribution in [0.1, 0.15) is 38.3 Å². The molecule has 4 nitrogen and oxygen atoms in total. The number of carbonyl (C=O) groups excluding carboxylic acids is 1. The summed E-state index contributed by atoms with van der Waals surface area (Å²) in [6.07, 6.45) is 0.684. The Bertz CT molecular complexity index is 723. The standard InChI is InChI=1S/C19H22F2N2O2/c1-3-16(23-12(2)11-17(22)24)14-9-10-15(20)19(18(14)21)25-13-7-5-4-6-8-13/h4-10,12,16,23H,3,11H2,1-2H3,(H2,22,24)/t12-,16-/m0/s1. The predicted octanol–water partition coefficient (Wildman–Crippen LogP) is 4.06. The summed E-state index contributed by atoms with van der Waals surface area (Å²) in [5.41, 5.74) is 5.47. The van der Waals surface area contributed by atoms with Gasteiger partial charge < -0.3 is 15.8 Å². The third-order valence-electron chi connectivity index (χ3n) is 3.82. The number of ether oxygens (including phenoxy) is 1. The van der Waals surface area contributed by atoms with Crippen molar-refractivity contribution >= 4 is 5.91 Å². The average Bonchev–Trinajstić information content (AvgIpc) is 2.57. The summed E-state index contributed by atoms with van der Waals surface area (Å²) in [5.74, 6) is -2.06. The molecule has 2 atom stereocenters. The summed E-state index contributed by atoms with van der Waals surface area (Å²) in [6, 6.07) is 10.4. The Morgan fingerprint density at radius 1 is 1.20 bits per heavy atom. The van der Waals surface area contributed by atoms with Crippen molar-refractivity contribution in [3.05, 3.63) is 59.7 Å². The molecule has 1 amide bonds. The number of rotatable bonds is 8. The minimum atomic E-state index is -0.773. The third kappa shape index (κ3) is 5.00. The van der Waals surface area contributed by atoms with E-state index in [-0.39, 0.29) is 18.0 Å². The van der Waals surface area contributed by atoms with E-state index in [2.05, 4.69) is 5.32 Å². The van der Waals surface area contributed by atoms with E-state index >= 15 is 0 Å². The highest BCUT2D eigenvalue weighted by Crippen LogP contribution is 2.33. The lowest BCUT2D eigenvalue weighted by molar-refractivity contribution is -0.118. The van der Waals surface area contributed by atoms with Crippen molar-refractivity contribution in [1.82, 2.24) is 5.32 Å². The van der Waals surface area contributed by atoms with Crippen molar-refractivity contribution in [3.63, 3.8) is 0 Å². The average molecular weight is 348 g/mol. The first-order valence-electron chi connectivity index (χ1n) is 8.17. The Kier molecular flexibility index (Phi) is 6.47. The predicted molar refractivity (Wildman–Crippen MR) is 92.3 cm³/mol. The molecule has 0 radical (unpaired) electrons. The number of nitrogens with one attached hydrogen (secondary N) is 1. The van der Waals surface area contributed by atoms with Gasteiger partial charge in [0.05, 0.1) is 0 Å². The molecule has 2 rings (SSSR count). The topological polar surface area (TPSA) is 64.3 Å². The number of para-hydroxylation sites is 1. The van der Waals surface area contributed by atoms with Gasteiger partial charge in [-0.3, -0.25) is 4.79 Å². The lowest BCUT2D eigenvalue weighted by Crippen LogP contribution is -2.34. The summed E-state index contributed by atoms with van der Waals surface area (Å²) < 4.78 is 34.3. The van der Waals surface area contributed by atoms with Gasteiger partial charge in [-0.25, -0.2) is 8.78 Å². The zero-order valence-electron chi connectivity index (χ0n) is 14.3. The lowest BCUT2D eigenvalue weighted by Gasteiger charge is -2.23. The van der Waals surface area contributed by atoms with Crippen LogP contribution in [0.2, 0.25) is 0 Å². The molecule has 25 heavy (non-hydrogen) atoms. The fourth-order valence-corrected chi connectivity index (χ4v) is 2.65. The Labute approximate surface area is 146 Å². The normalized spacial score (nSPS) is 13.3. The first-order chi connectivity index (χ1) is 11.9. The quantitative estimate of drug-likeness (QED) is 0.756. The third-order valence-corrected chi connectivity index (χ3v) is 3.82. The van der Waals surface area contributed by atoms with E-state index in [0.29, 0.717) is 12.2 Å². The van der Waals surface area contributed by atoms with E-state index in [1.807, 2.05) is 6.92 Å². The van der Waals surface area contributed by atoms with Crippen LogP contribution in [0.4, 0.5) is 8.78 Å². The van der Waals surface area contributed by atoms with Crippen LogP contribution in [0.25, 0.3) is 0 Å². The number of nitrogens with two attached hydrogens (primary N) is 1. The maximum Gasteiger partial charge on any atom is 0.218 e. The van der Waals surface area contributed by atoms with Gasteiger partial charge >= 0.3 is 0 Å². The van der Waals surface area contributed by atoms with E-state index in [1.165, 1.54) is 12.1 Å². The minimum Gasteiger partial charge on any atom is -0.451 e. The number of amides is 1. The maximum atomic E-state index is 14.9. The molecular formula is C19H22F2N2O2. The molecule has 0 aliphatic rings. The van der Waals surface area contributed by atoms with Gasteiger partial charge in [0, 0.05) is 24.1 Å². The SMILES string of the molecule is CC[C@H](N[C@@H](C)CC(N)=O)c1ccc(F)c(Oc2ccccc2)c1F. The molecular weight excluding hydrogens is 326 g/mol. The first kappa shape index (κ1) is 18.9. The molecule has 3 N–H and O–H groups in total. The number of primary amides is 1. The zero-order chi connectivity index (χ0) is 18.4. The van der Waals surface area contributed by atoms with Crippen LogP contribution in [-0.2, 0) is 4.79 Å². The molecule has 0 saturated heterocycles. The second-order valence-corrected chi connectivity index (χ2v) is 5.89. The Hall–Kier alpha value is -2.47. The first-order valence-corrected chi connectivity index (χ1v) is 8.17. The highest BCUT2D eigenvalue weighted by molar-refractivity contribution is 5.74. The van der Waals surface area contributed by atoms with Crippen LogP contribution in [0.5, 0.6) is 11.5 Å². The van der Waals surface area contributed by atoms with Crippen LogP contribution in [-0.4, -0.2) is 11.9 Å². The molecule has 0 heterocycles. The number of halogens is 2. The van der Waals surface area contributed by atoms with Crippen LogP contribution < -0.4 is 15.8 Å². The largest absolute Gasteiger partial charge is 0.451 e. The molecule has 2 aromatic carbocycles. The Balaban J connectivity index is 2.28. The van der Waals surface area contributed by atoms with Crippen molar-refractivity contribution in [2.45, 2.75) is 38.8 Å². The molecule has 0 unspecified atom stereocenters. The summed E-state index contributed by atoms with van der Waals surface area (Å²) in [6.45, 7) is 3.66. The molecule has 0 aliphatic heterocycles. The van der Waals surface area contributed by atoms with Gasteiger partial charge in [-0.15, -0.1) is 0 Å². The summed E-state index contributed by atoms with van der Waals surface area (Å²) >= 11 is 0. The second-order valence-electron chi connectivity index (χ2n) is 5.89. The van der Waals surface area contributed by atoms with E-state index in [9.17, 15) is 13.6 Å².